The van der Waals surface area contributed by atoms with Crippen molar-refractivity contribution in [2.24, 2.45) is 0 Å². The Balaban J connectivity index is 1.52. The molecule has 1 aliphatic heterocycles. The fourth-order valence-electron chi connectivity index (χ4n) is 4.80. The van der Waals surface area contributed by atoms with Crippen LogP contribution in [0, 0.1) is 20.8 Å². The first-order valence-electron chi connectivity index (χ1n) is 12.8. The van der Waals surface area contributed by atoms with Gasteiger partial charge in [0.1, 0.15) is 35.4 Å². The van der Waals surface area contributed by atoms with Gasteiger partial charge < -0.3 is 33.9 Å². The zero-order valence-electron chi connectivity index (χ0n) is 22.8. The van der Waals surface area contributed by atoms with E-state index in [1.807, 2.05) is 75.4 Å². The normalized spacial score (nSPS) is 21.9. The largest absolute Gasteiger partial charge is 0.497 e. The predicted molar refractivity (Wildman–Crippen MR) is 145 cm³/mol. The van der Waals surface area contributed by atoms with Crippen LogP contribution in [0.3, 0.4) is 0 Å². The number of benzene rings is 3. The predicted octanol–water partition coefficient (Wildman–Crippen LogP) is 4.59. The maximum absolute atomic E-state index is 11.7. The summed E-state index contributed by atoms with van der Waals surface area (Å²) in [7, 11) is 3.24. The lowest BCUT2D eigenvalue weighted by Gasteiger charge is -2.32. The van der Waals surface area contributed by atoms with E-state index in [9.17, 15) is 10.2 Å². The van der Waals surface area contributed by atoms with Gasteiger partial charge in [-0.3, -0.25) is 0 Å². The maximum Gasteiger partial charge on any atom is 0.140 e. The standard InChI is InChI=1S/C31H38O7/c1-20-14-22(3)27(15-21(20)2)28(32)29-30(37-17-24-8-12-26(35-5)13-9-24)31(33,19-38-29)18-36-16-23-6-10-25(34-4)11-7-23/h6-15,28-30,32-33H,16-19H2,1-5H3/t28-,29+,30+,31+/m1/s1. The van der Waals surface area contributed by atoms with Gasteiger partial charge in [0, 0.05) is 0 Å². The highest BCUT2D eigenvalue weighted by atomic mass is 16.6. The van der Waals surface area contributed by atoms with E-state index >= 15 is 0 Å². The maximum atomic E-state index is 11.7. The molecule has 1 saturated heterocycles. The van der Waals surface area contributed by atoms with Gasteiger partial charge in [0.2, 0.25) is 0 Å². The number of aliphatic hydroxyl groups excluding tert-OH is 1. The topological polar surface area (TPSA) is 86.6 Å². The van der Waals surface area contributed by atoms with Gasteiger partial charge in [0.05, 0.1) is 40.6 Å². The monoisotopic (exact) mass is 522 g/mol. The van der Waals surface area contributed by atoms with Crippen LogP contribution in [-0.4, -0.2) is 55.5 Å². The van der Waals surface area contributed by atoms with E-state index in [4.69, 9.17) is 23.7 Å². The van der Waals surface area contributed by atoms with Crippen molar-refractivity contribution in [3.63, 3.8) is 0 Å². The first kappa shape index (κ1) is 28.1. The molecule has 1 fully saturated rings. The van der Waals surface area contributed by atoms with Crippen LogP contribution < -0.4 is 9.47 Å². The lowest BCUT2D eigenvalue weighted by molar-refractivity contribution is -0.141. The molecule has 0 spiro atoms. The van der Waals surface area contributed by atoms with Crippen molar-refractivity contribution in [3.8, 4) is 11.5 Å². The third-order valence-corrected chi connectivity index (χ3v) is 7.23. The summed E-state index contributed by atoms with van der Waals surface area (Å²) in [6.07, 6.45) is -2.58. The van der Waals surface area contributed by atoms with Gasteiger partial charge in [-0.2, -0.15) is 0 Å². The Hall–Kier alpha value is -2.94. The van der Waals surface area contributed by atoms with E-state index in [0.717, 1.165) is 44.9 Å². The molecule has 0 unspecified atom stereocenters. The summed E-state index contributed by atoms with van der Waals surface area (Å²) in [5.41, 5.74) is 4.38. The van der Waals surface area contributed by atoms with Gasteiger partial charge in [-0.15, -0.1) is 0 Å². The minimum Gasteiger partial charge on any atom is -0.497 e. The van der Waals surface area contributed by atoms with E-state index in [2.05, 4.69) is 6.07 Å². The molecule has 38 heavy (non-hydrogen) atoms. The van der Waals surface area contributed by atoms with Gasteiger partial charge in [0.25, 0.3) is 0 Å². The van der Waals surface area contributed by atoms with Crippen molar-refractivity contribution in [3.05, 3.63) is 94.0 Å². The SMILES string of the molecule is COc1ccc(COC[C@]2(O)CO[C@@H]([C@H](O)c3cc(C)c(C)cc3C)[C@@H]2OCc2ccc(OC)cc2)cc1. The molecule has 7 heteroatoms. The zero-order chi connectivity index (χ0) is 27.3. The van der Waals surface area contributed by atoms with Gasteiger partial charge in [0.15, 0.2) is 0 Å². The lowest BCUT2D eigenvalue weighted by atomic mass is 9.89. The van der Waals surface area contributed by atoms with E-state index in [1.54, 1.807) is 14.2 Å². The van der Waals surface area contributed by atoms with Crippen molar-refractivity contribution in [1.29, 1.82) is 0 Å². The van der Waals surface area contributed by atoms with Crippen LogP contribution in [-0.2, 0) is 27.4 Å². The molecule has 0 saturated carbocycles. The minimum atomic E-state index is -1.45. The smallest absolute Gasteiger partial charge is 0.140 e. The van der Waals surface area contributed by atoms with E-state index in [-0.39, 0.29) is 19.8 Å². The number of aliphatic hydroxyl groups is 2. The van der Waals surface area contributed by atoms with E-state index < -0.39 is 23.9 Å². The molecule has 204 valence electrons. The van der Waals surface area contributed by atoms with Crippen molar-refractivity contribution in [2.75, 3.05) is 27.4 Å². The molecular formula is C31H38O7. The Bertz CT molecular complexity index is 1190. The van der Waals surface area contributed by atoms with Crippen LogP contribution in [0.4, 0.5) is 0 Å². The quantitative estimate of drug-likeness (QED) is 0.381. The van der Waals surface area contributed by atoms with Crippen LogP contribution in [0.1, 0.15) is 39.5 Å². The summed E-state index contributed by atoms with van der Waals surface area (Å²) in [5, 5.41) is 23.1. The Kier molecular flexibility index (Phi) is 9.07. The molecule has 4 atom stereocenters. The summed E-state index contributed by atoms with van der Waals surface area (Å²) in [6, 6.07) is 19.1. The van der Waals surface area contributed by atoms with Gasteiger partial charge >= 0.3 is 0 Å². The zero-order valence-corrected chi connectivity index (χ0v) is 22.8. The molecule has 0 amide bonds. The molecule has 0 aromatic heterocycles. The number of aryl methyl sites for hydroxylation is 3. The summed E-state index contributed by atoms with van der Waals surface area (Å²) in [6.45, 7) is 6.54. The Labute approximate surface area is 224 Å². The molecule has 3 aromatic rings. The molecule has 1 heterocycles. The number of rotatable bonds is 11. The Morgan fingerprint density at radius 3 is 1.97 bits per heavy atom. The first-order valence-corrected chi connectivity index (χ1v) is 12.8. The minimum absolute atomic E-state index is 0.0125. The van der Waals surface area contributed by atoms with E-state index in [1.165, 1.54) is 0 Å². The molecule has 2 N–H and O–H groups in total. The average Bonchev–Trinajstić information content (AvgIpc) is 3.25. The van der Waals surface area contributed by atoms with Crippen LogP contribution in [0.2, 0.25) is 0 Å². The van der Waals surface area contributed by atoms with Gasteiger partial charge in [-0.05, 0) is 78.4 Å². The second kappa shape index (κ2) is 12.3. The van der Waals surface area contributed by atoms with Crippen molar-refractivity contribution in [2.45, 2.75) is 57.9 Å². The molecule has 0 bridgehead atoms. The molecule has 0 aliphatic carbocycles. The molecule has 7 nitrogen and oxygen atoms in total. The summed E-state index contributed by atoms with van der Waals surface area (Å²) >= 11 is 0. The Morgan fingerprint density at radius 2 is 1.39 bits per heavy atom. The summed E-state index contributed by atoms with van der Waals surface area (Å²) < 4.78 is 28.7. The second-order valence-electron chi connectivity index (χ2n) is 10.0. The number of hydrogen-bond donors (Lipinski definition) is 2. The van der Waals surface area contributed by atoms with Crippen LogP contribution in [0.15, 0.2) is 60.7 Å². The Morgan fingerprint density at radius 1 is 0.842 bits per heavy atom. The first-order chi connectivity index (χ1) is 18.2. The van der Waals surface area contributed by atoms with Gasteiger partial charge in [-0.25, -0.2) is 0 Å². The highest BCUT2D eigenvalue weighted by molar-refractivity contribution is 5.38. The number of ether oxygens (including phenoxy) is 5. The van der Waals surface area contributed by atoms with Gasteiger partial charge in [-0.1, -0.05) is 36.4 Å². The van der Waals surface area contributed by atoms with Crippen molar-refractivity contribution >= 4 is 0 Å². The highest BCUT2D eigenvalue weighted by Gasteiger charge is 2.53. The van der Waals surface area contributed by atoms with Crippen LogP contribution >= 0.6 is 0 Å². The van der Waals surface area contributed by atoms with E-state index in [0.29, 0.717) is 6.61 Å². The third-order valence-electron chi connectivity index (χ3n) is 7.23. The van der Waals surface area contributed by atoms with Crippen LogP contribution in [0.25, 0.3) is 0 Å². The molecule has 0 radical (unpaired) electrons. The molecule has 1 aliphatic rings. The summed E-state index contributed by atoms with van der Waals surface area (Å²) in [4.78, 5) is 0. The third kappa shape index (κ3) is 6.37. The number of hydrogen-bond acceptors (Lipinski definition) is 7. The second-order valence-corrected chi connectivity index (χ2v) is 10.0. The molecule has 4 rings (SSSR count). The molecular weight excluding hydrogens is 484 g/mol. The highest BCUT2D eigenvalue weighted by Crippen LogP contribution is 2.37. The fourth-order valence-corrected chi connectivity index (χ4v) is 4.80. The fraction of sp³-hybridized carbons (Fsp3) is 0.419. The lowest BCUT2D eigenvalue weighted by Crippen LogP contribution is -2.50. The average molecular weight is 523 g/mol. The number of methoxy groups -OCH3 is 2. The van der Waals surface area contributed by atoms with Crippen LogP contribution in [0.5, 0.6) is 11.5 Å². The van der Waals surface area contributed by atoms with Crippen molar-refractivity contribution < 1.29 is 33.9 Å². The van der Waals surface area contributed by atoms with Crippen molar-refractivity contribution in [1.82, 2.24) is 0 Å². The molecule has 3 aromatic carbocycles. The summed E-state index contributed by atoms with van der Waals surface area (Å²) in [5.74, 6) is 1.52.